The van der Waals surface area contributed by atoms with Gasteiger partial charge in [0.25, 0.3) is 0 Å². The smallest absolute Gasteiger partial charge is 0.304 e. The van der Waals surface area contributed by atoms with E-state index in [0.29, 0.717) is 12.1 Å². The van der Waals surface area contributed by atoms with Crippen LogP contribution in [0.5, 0.6) is 0 Å². The number of nitrogens with one attached hydrogen (secondary N) is 1. The Balaban J connectivity index is 2.49. The second kappa shape index (κ2) is 4.75. The molecule has 2 atom stereocenters. The van der Waals surface area contributed by atoms with E-state index in [-0.39, 0.29) is 12.5 Å². The van der Waals surface area contributed by atoms with Crippen LogP contribution in [0.25, 0.3) is 0 Å². The average molecular weight is 200 g/mol. The van der Waals surface area contributed by atoms with E-state index in [0.717, 1.165) is 13.1 Å². The summed E-state index contributed by atoms with van der Waals surface area (Å²) >= 11 is 0. The normalized spacial score (nSPS) is 29.4. The predicted octanol–water partition coefficient (Wildman–Crippen LogP) is 0.532. The first-order valence-electron chi connectivity index (χ1n) is 5.21. The zero-order valence-corrected chi connectivity index (χ0v) is 9.16. The van der Waals surface area contributed by atoms with Gasteiger partial charge in [0.2, 0.25) is 0 Å². The minimum Gasteiger partial charge on any atom is -0.481 e. The third-order valence-corrected chi connectivity index (χ3v) is 2.63. The van der Waals surface area contributed by atoms with Crippen LogP contribution in [0.4, 0.5) is 0 Å². The molecule has 0 saturated carbocycles. The number of piperazine rings is 1. The molecule has 0 aromatic rings. The number of nitrogens with zero attached hydrogens (tertiary/aromatic N) is 1. The van der Waals surface area contributed by atoms with E-state index >= 15 is 0 Å². The Bertz CT molecular complexity index is 206. The molecule has 0 spiro atoms. The van der Waals surface area contributed by atoms with E-state index in [9.17, 15) is 4.79 Å². The fourth-order valence-corrected chi connectivity index (χ4v) is 1.97. The highest BCUT2D eigenvalue weighted by Gasteiger charge is 2.26. The lowest BCUT2D eigenvalue weighted by atomic mass is 10.1. The maximum Gasteiger partial charge on any atom is 0.304 e. The molecule has 0 amide bonds. The topological polar surface area (TPSA) is 52.6 Å². The predicted molar refractivity (Wildman–Crippen MR) is 55.3 cm³/mol. The summed E-state index contributed by atoms with van der Waals surface area (Å²) < 4.78 is 0. The summed E-state index contributed by atoms with van der Waals surface area (Å²) in [6.45, 7) is 8.25. The quantitative estimate of drug-likeness (QED) is 0.698. The second-order valence-corrected chi connectivity index (χ2v) is 4.41. The number of hydrogen-bond acceptors (Lipinski definition) is 3. The molecule has 14 heavy (non-hydrogen) atoms. The highest BCUT2D eigenvalue weighted by atomic mass is 16.4. The van der Waals surface area contributed by atoms with Gasteiger partial charge in [0.1, 0.15) is 0 Å². The van der Waals surface area contributed by atoms with Gasteiger partial charge in [-0.1, -0.05) is 0 Å². The minimum absolute atomic E-state index is 0.0960. The van der Waals surface area contributed by atoms with E-state index < -0.39 is 5.97 Å². The van der Waals surface area contributed by atoms with Gasteiger partial charge >= 0.3 is 5.97 Å². The van der Waals surface area contributed by atoms with E-state index in [4.69, 9.17) is 5.11 Å². The first-order valence-corrected chi connectivity index (χ1v) is 5.21. The van der Waals surface area contributed by atoms with Gasteiger partial charge in [0.05, 0.1) is 6.42 Å². The molecule has 2 N–H and O–H groups in total. The van der Waals surface area contributed by atoms with Crippen LogP contribution in [0, 0.1) is 0 Å². The van der Waals surface area contributed by atoms with Crippen LogP contribution in [-0.4, -0.2) is 47.2 Å². The molecular formula is C10H20N2O2. The van der Waals surface area contributed by atoms with Crippen LogP contribution >= 0.6 is 0 Å². The summed E-state index contributed by atoms with van der Waals surface area (Å²) in [5.41, 5.74) is 0. The Morgan fingerprint density at radius 3 is 2.71 bits per heavy atom. The number of aliphatic carboxylic acids is 1. The standard InChI is InChI=1S/C10H20N2O2/c1-7(2)12-5-8(3)11-9(6-12)4-10(13)14/h7-9,11H,4-6H2,1-3H3,(H,13,14). The molecule has 0 bridgehead atoms. The highest BCUT2D eigenvalue weighted by molar-refractivity contribution is 5.67. The van der Waals surface area contributed by atoms with Crippen molar-refractivity contribution in [2.45, 2.75) is 45.3 Å². The third-order valence-electron chi connectivity index (χ3n) is 2.63. The molecule has 82 valence electrons. The summed E-state index contributed by atoms with van der Waals surface area (Å²) in [6, 6.07) is 0.977. The fourth-order valence-electron chi connectivity index (χ4n) is 1.97. The van der Waals surface area contributed by atoms with Gasteiger partial charge < -0.3 is 10.4 Å². The summed E-state index contributed by atoms with van der Waals surface area (Å²) in [5.74, 6) is -0.722. The molecule has 0 radical (unpaired) electrons. The summed E-state index contributed by atoms with van der Waals surface area (Å²) in [6.07, 6.45) is 0.216. The lowest BCUT2D eigenvalue weighted by Gasteiger charge is -2.39. The Morgan fingerprint density at radius 2 is 2.21 bits per heavy atom. The van der Waals surface area contributed by atoms with Gasteiger partial charge in [-0.2, -0.15) is 0 Å². The Hall–Kier alpha value is -0.610. The molecule has 1 aliphatic rings. The molecule has 0 aromatic heterocycles. The highest BCUT2D eigenvalue weighted by Crippen LogP contribution is 2.10. The second-order valence-electron chi connectivity index (χ2n) is 4.41. The van der Waals surface area contributed by atoms with Crippen LogP contribution in [0.3, 0.4) is 0 Å². The van der Waals surface area contributed by atoms with Gasteiger partial charge in [-0.05, 0) is 20.8 Å². The van der Waals surface area contributed by atoms with Gasteiger partial charge in [-0.3, -0.25) is 9.69 Å². The van der Waals surface area contributed by atoms with E-state index in [1.165, 1.54) is 0 Å². The number of carboxylic acids is 1. The van der Waals surface area contributed by atoms with Crippen LogP contribution in [-0.2, 0) is 4.79 Å². The molecular weight excluding hydrogens is 180 g/mol. The Labute approximate surface area is 85.3 Å². The van der Waals surface area contributed by atoms with Crippen molar-refractivity contribution >= 4 is 5.97 Å². The van der Waals surface area contributed by atoms with Crippen LogP contribution in [0.2, 0.25) is 0 Å². The van der Waals surface area contributed by atoms with Crippen molar-refractivity contribution in [2.24, 2.45) is 0 Å². The molecule has 0 aromatic carbocycles. The molecule has 4 heteroatoms. The SMILES string of the molecule is CC1CN(C(C)C)CC(CC(=O)O)N1. The summed E-state index contributed by atoms with van der Waals surface area (Å²) in [5, 5.41) is 12.0. The number of carbonyl (C=O) groups is 1. The van der Waals surface area contributed by atoms with Gasteiger partial charge in [0.15, 0.2) is 0 Å². The van der Waals surface area contributed by atoms with Crippen molar-refractivity contribution in [1.82, 2.24) is 10.2 Å². The Morgan fingerprint density at radius 1 is 1.57 bits per heavy atom. The minimum atomic E-state index is -0.722. The van der Waals surface area contributed by atoms with E-state index in [2.05, 4.69) is 31.0 Å². The van der Waals surface area contributed by atoms with Gasteiger partial charge in [-0.15, -0.1) is 0 Å². The maximum atomic E-state index is 10.6. The van der Waals surface area contributed by atoms with E-state index in [1.807, 2.05) is 0 Å². The van der Waals surface area contributed by atoms with Crippen molar-refractivity contribution in [3.8, 4) is 0 Å². The molecule has 0 aliphatic carbocycles. The van der Waals surface area contributed by atoms with E-state index in [1.54, 1.807) is 0 Å². The molecule has 1 rings (SSSR count). The van der Waals surface area contributed by atoms with Crippen LogP contribution in [0.15, 0.2) is 0 Å². The van der Waals surface area contributed by atoms with Crippen molar-refractivity contribution in [3.63, 3.8) is 0 Å². The number of carboxylic acid groups (broad SMARTS) is 1. The summed E-state index contributed by atoms with van der Waals surface area (Å²) in [7, 11) is 0. The molecule has 1 aliphatic heterocycles. The molecule has 4 nitrogen and oxygen atoms in total. The zero-order chi connectivity index (χ0) is 10.7. The molecule has 1 heterocycles. The fraction of sp³-hybridized carbons (Fsp3) is 0.900. The largest absolute Gasteiger partial charge is 0.481 e. The zero-order valence-electron chi connectivity index (χ0n) is 9.16. The molecule has 1 saturated heterocycles. The first kappa shape index (κ1) is 11.5. The number of rotatable bonds is 3. The maximum absolute atomic E-state index is 10.6. The molecule has 1 fully saturated rings. The van der Waals surface area contributed by atoms with Crippen LogP contribution in [0.1, 0.15) is 27.2 Å². The lowest BCUT2D eigenvalue weighted by Crippen LogP contribution is -2.57. The van der Waals surface area contributed by atoms with Crippen molar-refractivity contribution < 1.29 is 9.90 Å². The van der Waals surface area contributed by atoms with Crippen molar-refractivity contribution in [2.75, 3.05) is 13.1 Å². The monoisotopic (exact) mass is 200 g/mol. The van der Waals surface area contributed by atoms with Crippen molar-refractivity contribution in [3.05, 3.63) is 0 Å². The molecule has 2 unspecified atom stereocenters. The van der Waals surface area contributed by atoms with Gasteiger partial charge in [-0.25, -0.2) is 0 Å². The lowest BCUT2D eigenvalue weighted by molar-refractivity contribution is -0.138. The Kier molecular flexibility index (Phi) is 3.89. The van der Waals surface area contributed by atoms with Crippen LogP contribution < -0.4 is 5.32 Å². The summed E-state index contributed by atoms with van der Waals surface area (Å²) in [4.78, 5) is 12.9. The van der Waals surface area contributed by atoms with Gasteiger partial charge in [0, 0.05) is 31.2 Å². The number of hydrogen-bond donors (Lipinski definition) is 2. The van der Waals surface area contributed by atoms with Crippen molar-refractivity contribution in [1.29, 1.82) is 0 Å². The third kappa shape index (κ3) is 3.27. The average Bonchev–Trinajstić information content (AvgIpc) is 2.01. The first-order chi connectivity index (χ1) is 6.49.